The number of fused-ring (bicyclic) bond motifs is 3. The molecule has 1 heteroatoms. The maximum atomic E-state index is 6.33. The number of nitrogen functional groups attached to an aromatic ring is 1. The van der Waals surface area contributed by atoms with Crippen molar-refractivity contribution in [2.45, 2.75) is 34.1 Å². The molecular formula is C17H19N. The fourth-order valence-electron chi connectivity index (χ4n) is 3.20. The molecule has 0 heterocycles. The minimum atomic E-state index is 0.986. The molecular weight excluding hydrogens is 218 g/mol. The first-order valence-corrected chi connectivity index (χ1v) is 6.49. The molecule has 0 bridgehead atoms. The van der Waals surface area contributed by atoms with E-state index in [0.29, 0.717) is 0 Å². The van der Waals surface area contributed by atoms with Crippen LogP contribution in [0.2, 0.25) is 0 Å². The van der Waals surface area contributed by atoms with E-state index in [1.165, 1.54) is 44.5 Å². The average molecular weight is 237 g/mol. The predicted molar refractivity (Wildman–Crippen MR) is 78.0 cm³/mol. The van der Waals surface area contributed by atoms with E-state index < -0.39 is 0 Å². The van der Waals surface area contributed by atoms with E-state index in [-0.39, 0.29) is 0 Å². The lowest BCUT2D eigenvalue weighted by atomic mass is 9.90. The number of nitrogens with two attached hydrogens (primary N) is 1. The predicted octanol–water partition coefficient (Wildman–Crippen LogP) is 4.07. The molecule has 2 aromatic carbocycles. The van der Waals surface area contributed by atoms with Gasteiger partial charge in [0.25, 0.3) is 0 Å². The van der Waals surface area contributed by atoms with E-state index in [1.807, 2.05) is 0 Å². The molecule has 0 aliphatic heterocycles. The maximum Gasteiger partial charge on any atom is 0.0388 e. The highest BCUT2D eigenvalue weighted by Crippen LogP contribution is 2.45. The molecule has 0 spiro atoms. The highest BCUT2D eigenvalue weighted by Gasteiger charge is 2.25. The van der Waals surface area contributed by atoms with Crippen LogP contribution in [-0.4, -0.2) is 0 Å². The number of anilines is 1. The van der Waals surface area contributed by atoms with Gasteiger partial charge in [0.2, 0.25) is 0 Å². The average Bonchev–Trinajstić information content (AvgIpc) is 2.75. The van der Waals surface area contributed by atoms with Gasteiger partial charge in [-0.25, -0.2) is 0 Å². The Labute approximate surface area is 109 Å². The Hall–Kier alpha value is -1.76. The van der Waals surface area contributed by atoms with Crippen LogP contribution in [0.1, 0.15) is 33.4 Å². The van der Waals surface area contributed by atoms with Crippen LogP contribution in [0.25, 0.3) is 11.1 Å². The number of aryl methyl sites for hydroxylation is 1. The van der Waals surface area contributed by atoms with Crippen LogP contribution < -0.4 is 5.73 Å². The normalized spacial score (nSPS) is 12.4. The minimum absolute atomic E-state index is 0.986. The van der Waals surface area contributed by atoms with Crippen molar-refractivity contribution in [3.8, 4) is 11.1 Å². The first kappa shape index (κ1) is 11.3. The number of hydrogen-bond donors (Lipinski definition) is 1. The van der Waals surface area contributed by atoms with Crippen molar-refractivity contribution in [2.24, 2.45) is 0 Å². The molecule has 3 rings (SSSR count). The first-order chi connectivity index (χ1) is 8.52. The second kappa shape index (κ2) is 3.61. The van der Waals surface area contributed by atoms with Gasteiger partial charge in [-0.1, -0.05) is 18.2 Å². The molecule has 92 valence electrons. The van der Waals surface area contributed by atoms with Gasteiger partial charge < -0.3 is 5.73 Å². The van der Waals surface area contributed by atoms with Crippen molar-refractivity contribution in [3.05, 3.63) is 51.6 Å². The van der Waals surface area contributed by atoms with E-state index in [1.54, 1.807) is 0 Å². The third-order valence-electron chi connectivity index (χ3n) is 4.51. The Balaban J connectivity index is 2.44. The standard InChI is InChI=1S/C17H19N/c1-9-6-5-7-13-8-14-16(15(9)13)11(3)10(2)12(4)17(14)18/h5-7H,8,18H2,1-4H3. The van der Waals surface area contributed by atoms with Gasteiger partial charge in [-0.15, -0.1) is 0 Å². The van der Waals surface area contributed by atoms with E-state index in [9.17, 15) is 0 Å². The summed E-state index contributed by atoms with van der Waals surface area (Å²) in [4.78, 5) is 0. The van der Waals surface area contributed by atoms with E-state index in [0.717, 1.165) is 12.1 Å². The number of benzene rings is 2. The topological polar surface area (TPSA) is 26.0 Å². The second-order valence-corrected chi connectivity index (χ2v) is 5.43. The summed E-state index contributed by atoms with van der Waals surface area (Å²) in [6.07, 6.45) is 0.986. The maximum absolute atomic E-state index is 6.33. The summed E-state index contributed by atoms with van der Waals surface area (Å²) in [5.41, 5.74) is 18.2. The van der Waals surface area contributed by atoms with E-state index >= 15 is 0 Å². The smallest absolute Gasteiger partial charge is 0.0388 e. The molecule has 0 radical (unpaired) electrons. The molecule has 1 aliphatic rings. The zero-order valence-electron chi connectivity index (χ0n) is 11.5. The molecule has 0 amide bonds. The molecule has 1 aliphatic carbocycles. The van der Waals surface area contributed by atoms with Crippen LogP contribution in [0.4, 0.5) is 5.69 Å². The molecule has 2 aromatic rings. The third-order valence-corrected chi connectivity index (χ3v) is 4.51. The zero-order chi connectivity index (χ0) is 13.0. The summed E-state index contributed by atoms with van der Waals surface area (Å²) in [6, 6.07) is 6.57. The Morgan fingerprint density at radius 2 is 1.61 bits per heavy atom. The molecule has 0 fully saturated rings. The van der Waals surface area contributed by atoms with Crippen LogP contribution >= 0.6 is 0 Å². The molecule has 1 nitrogen and oxygen atoms in total. The third kappa shape index (κ3) is 1.28. The lowest BCUT2D eigenvalue weighted by Crippen LogP contribution is -2.01. The zero-order valence-corrected chi connectivity index (χ0v) is 11.5. The van der Waals surface area contributed by atoms with Crippen molar-refractivity contribution in [1.82, 2.24) is 0 Å². The summed E-state index contributed by atoms with van der Waals surface area (Å²) in [5, 5.41) is 0. The van der Waals surface area contributed by atoms with Crippen LogP contribution in [0.5, 0.6) is 0 Å². The largest absolute Gasteiger partial charge is 0.398 e. The van der Waals surface area contributed by atoms with Crippen LogP contribution in [0.15, 0.2) is 18.2 Å². The molecule has 0 atom stereocenters. The van der Waals surface area contributed by atoms with Crippen molar-refractivity contribution in [3.63, 3.8) is 0 Å². The van der Waals surface area contributed by atoms with Gasteiger partial charge in [0.15, 0.2) is 0 Å². The summed E-state index contributed by atoms with van der Waals surface area (Å²) in [7, 11) is 0. The molecule has 0 saturated heterocycles. The van der Waals surface area contributed by atoms with Crippen molar-refractivity contribution >= 4 is 5.69 Å². The van der Waals surface area contributed by atoms with Gasteiger partial charge in [0.05, 0.1) is 0 Å². The minimum Gasteiger partial charge on any atom is -0.398 e. The Bertz CT molecular complexity index is 666. The van der Waals surface area contributed by atoms with E-state index in [2.05, 4.69) is 45.9 Å². The molecule has 0 saturated carbocycles. The monoisotopic (exact) mass is 237 g/mol. The summed E-state index contributed by atoms with van der Waals surface area (Å²) >= 11 is 0. The lowest BCUT2D eigenvalue weighted by Gasteiger charge is -2.16. The summed E-state index contributed by atoms with van der Waals surface area (Å²) in [6.45, 7) is 8.73. The molecule has 2 N–H and O–H groups in total. The first-order valence-electron chi connectivity index (χ1n) is 6.49. The number of rotatable bonds is 0. The van der Waals surface area contributed by atoms with Gasteiger partial charge in [-0.05, 0) is 72.2 Å². The van der Waals surface area contributed by atoms with Gasteiger partial charge in [0.1, 0.15) is 0 Å². The summed E-state index contributed by atoms with van der Waals surface area (Å²) < 4.78 is 0. The second-order valence-electron chi connectivity index (χ2n) is 5.43. The SMILES string of the molecule is Cc1cccc2c1-c1c(C)c(C)c(C)c(N)c1C2. The quantitative estimate of drug-likeness (QED) is 0.586. The van der Waals surface area contributed by atoms with Crippen molar-refractivity contribution < 1.29 is 0 Å². The van der Waals surface area contributed by atoms with Crippen LogP contribution in [-0.2, 0) is 6.42 Å². The fourth-order valence-corrected chi connectivity index (χ4v) is 3.20. The van der Waals surface area contributed by atoms with Crippen molar-refractivity contribution in [1.29, 1.82) is 0 Å². The van der Waals surface area contributed by atoms with Crippen LogP contribution in [0.3, 0.4) is 0 Å². The Morgan fingerprint density at radius 3 is 2.33 bits per heavy atom. The fraction of sp³-hybridized carbons (Fsp3) is 0.294. The summed E-state index contributed by atoms with van der Waals surface area (Å²) in [5.74, 6) is 0. The molecule has 0 unspecified atom stereocenters. The van der Waals surface area contributed by atoms with Crippen molar-refractivity contribution in [2.75, 3.05) is 5.73 Å². The van der Waals surface area contributed by atoms with Crippen LogP contribution in [0, 0.1) is 27.7 Å². The van der Waals surface area contributed by atoms with Gasteiger partial charge in [-0.3, -0.25) is 0 Å². The number of hydrogen-bond acceptors (Lipinski definition) is 1. The Morgan fingerprint density at radius 1 is 0.889 bits per heavy atom. The Kier molecular flexibility index (Phi) is 2.28. The van der Waals surface area contributed by atoms with Gasteiger partial charge in [-0.2, -0.15) is 0 Å². The highest BCUT2D eigenvalue weighted by atomic mass is 14.6. The highest BCUT2D eigenvalue weighted by molar-refractivity contribution is 5.87. The van der Waals surface area contributed by atoms with Gasteiger partial charge in [0, 0.05) is 12.1 Å². The molecule has 0 aromatic heterocycles. The van der Waals surface area contributed by atoms with E-state index in [4.69, 9.17) is 5.73 Å². The molecule has 18 heavy (non-hydrogen) atoms. The van der Waals surface area contributed by atoms with Gasteiger partial charge >= 0.3 is 0 Å². The lowest BCUT2D eigenvalue weighted by molar-refractivity contribution is 1.21.